The van der Waals surface area contributed by atoms with Crippen LogP contribution in [0.25, 0.3) is 0 Å². The van der Waals surface area contributed by atoms with Crippen LogP contribution < -0.4 is 4.72 Å². The highest BCUT2D eigenvalue weighted by molar-refractivity contribution is 8.75. The zero-order chi connectivity index (χ0) is 5.54. The van der Waals surface area contributed by atoms with Crippen molar-refractivity contribution >= 4 is 34.4 Å². The van der Waals surface area contributed by atoms with Gasteiger partial charge in [-0.2, -0.15) is 12.6 Å². The average molecular weight is 155 g/mol. The third-order valence-electron chi connectivity index (χ3n) is 0.356. The van der Waals surface area contributed by atoms with Crippen LogP contribution in [0, 0.1) is 0 Å². The van der Waals surface area contributed by atoms with E-state index in [0.717, 1.165) is 12.3 Å². The van der Waals surface area contributed by atoms with E-state index in [4.69, 9.17) is 0 Å². The highest BCUT2D eigenvalue weighted by Crippen LogP contribution is 2.09. The van der Waals surface area contributed by atoms with Crippen molar-refractivity contribution in [3.05, 3.63) is 0 Å². The van der Waals surface area contributed by atoms with Gasteiger partial charge in [0.1, 0.15) is 0 Å². The molecule has 0 aromatic carbocycles. The van der Waals surface area contributed by atoms with Crippen LogP contribution >= 0.6 is 34.4 Å². The molecule has 1 N–H and O–H groups in total. The maximum Gasteiger partial charge on any atom is 0.0155 e. The molecule has 1 nitrogen and oxygen atoms in total. The van der Waals surface area contributed by atoms with Gasteiger partial charge in [0.05, 0.1) is 0 Å². The molecule has 7 heavy (non-hydrogen) atoms. The molecule has 4 heteroatoms. The molecule has 0 bridgehead atoms. The number of hydrogen-bond acceptors (Lipinski definition) is 4. The van der Waals surface area contributed by atoms with Crippen LogP contribution in [-0.2, 0) is 0 Å². The number of rotatable bonds is 4. The van der Waals surface area contributed by atoms with Gasteiger partial charge in [-0.3, -0.25) is 4.72 Å². The summed E-state index contributed by atoms with van der Waals surface area (Å²) in [6.07, 6.45) is 2.04. The molecule has 0 aromatic heterocycles. The first-order valence-electron chi connectivity index (χ1n) is 1.95. The molecule has 0 aliphatic carbocycles. The van der Waals surface area contributed by atoms with Crippen molar-refractivity contribution in [2.24, 2.45) is 0 Å². The van der Waals surface area contributed by atoms with E-state index in [1.807, 2.05) is 6.26 Å². The van der Waals surface area contributed by atoms with Gasteiger partial charge in [-0.15, -0.1) is 0 Å². The zero-order valence-corrected chi connectivity index (χ0v) is 6.71. The lowest BCUT2D eigenvalue weighted by Crippen LogP contribution is -2.03. The Kier molecular flexibility index (Phi) is 8.02. The lowest BCUT2D eigenvalue weighted by atomic mass is 10.8. The summed E-state index contributed by atoms with van der Waals surface area (Å²) in [5.74, 6) is 0.910. The van der Waals surface area contributed by atoms with Crippen LogP contribution in [-0.4, -0.2) is 18.6 Å². The van der Waals surface area contributed by atoms with E-state index in [2.05, 4.69) is 17.4 Å². The van der Waals surface area contributed by atoms with Gasteiger partial charge < -0.3 is 0 Å². The van der Waals surface area contributed by atoms with Gasteiger partial charge in [-0.1, -0.05) is 10.8 Å². The van der Waals surface area contributed by atoms with E-state index >= 15 is 0 Å². The molecule has 0 saturated heterocycles. The smallest absolute Gasteiger partial charge is 0.0155 e. The molecule has 44 valence electrons. The zero-order valence-electron chi connectivity index (χ0n) is 4.18. The van der Waals surface area contributed by atoms with E-state index in [-0.39, 0.29) is 0 Å². The van der Waals surface area contributed by atoms with Gasteiger partial charge in [0.15, 0.2) is 0 Å². The number of thiol groups is 1. The summed E-state index contributed by atoms with van der Waals surface area (Å²) in [4.78, 5) is 0. The van der Waals surface area contributed by atoms with E-state index in [0.29, 0.717) is 0 Å². The monoisotopic (exact) mass is 155 g/mol. The van der Waals surface area contributed by atoms with Gasteiger partial charge in [0.25, 0.3) is 0 Å². The normalized spacial score (nSPS) is 9.43. The Hall–Kier alpha value is 1.01. The Morgan fingerprint density at radius 2 is 2.43 bits per heavy atom. The van der Waals surface area contributed by atoms with Crippen LogP contribution in [0.15, 0.2) is 0 Å². The third-order valence-corrected chi connectivity index (χ3v) is 1.92. The minimum Gasteiger partial charge on any atom is -0.254 e. The molecule has 0 spiro atoms. The predicted octanol–water partition coefficient (Wildman–Crippen LogP) is 1.43. The largest absolute Gasteiger partial charge is 0.254 e. The summed E-state index contributed by atoms with van der Waals surface area (Å²) in [5, 5.41) is 0. The van der Waals surface area contributed by atoms with Crippen LogP contribution in [0.2, 0.25) is 0 Å². The van der Waals surface area contributed by atoms with Crippen LogP contribution in [0.4, 0.5) is 0 Å². The molecule has 0 radical (unpaired) electrons. The molecule has 0 amide bonds. The first-order valence-corrected chi connectivity index (χ1v) is 5.14. The quantitative estimate of drug-likeness (QED) is 0.276. The minimum atomic E-state index is 0.910. The van der Waals surface area contributed by atoms with Crippen molar-refractivity contribution in [1.82, 2.24) is 4.72 Å². The summed E-state index contributed by atoms with van der Waals surface area (Å²) in [6.45, 7) is 0.981. The number of nitrogens with one attached hydrogen (secondary N) is 1. The fraction of sp³-hybridized carbons (Fsp3) is 1.00. The van der Waals surface area contributed by atoms with Gasteiger partial charge in [0, 0.05) is 12.3 Å². The van der Waals surface area contributed by atoms with Crippen molar-refractivity contribution in [2.75, 3.05) is 18.6 Å². The first-order chi connectivity index (χ1) is 3.41. The van der Waals surface area contributed by atoms with Crippen molar-refractivity contribution < 1.29 is 0 Å². The van der Waals surface area contributed by atoms with Crippen LogP contribution in [0.1, 0.15) is 0 Å². The summed E-state index contributed by atoms with van der Waals surface area (Å²) >= 11 is 4.01. The highest BCUT2D eigenvalue weighted by atomic mass is 33.1. The second-order valence-corrected chi connectivity index (χ2v) is 3.60. The fourth-order valence-electron chi connectivity index (χ4n) is 0.146. The molecular weight excluding hydrogens is 146 g/mol. The molecule has 0 atom stereocenters. The second kappa shape index (κ2) is 7.01. The molecule has 0 rings (SSSR count). The van der Waals surface area contributed by atoms with Crippen molar-refractivity contribution in [3.8, 4) is 0 Å². The number of hydrogen-bond donors (Lipinski definition) is 2. The maximum absolute atomic E-state index is 4.01. The van der Waals surface area contributed by atoms with Gasteiger partial charge in [-0.25, -0.2) is 0 Å². The van der Waals surface area contributed by atoms with Crippen LogP contribution in [0.5, 0.6) is 0 Å². The van der Waals surface area contributed by atoms with E-state index in [1.165, 1.54) is 0 Å². The summed E-state index contributed by atoms with van der Waals surface area (Å²) < 4.78 is 3.09. The molecule has 0 unspecified atom stereocenters. The Labute approximate surface area is 58.0 Å². The fourth-order valence-corrected chi connectivity index (χ4v) is 1.32. The lowest BCUT2D eigenvalue weighted by Gasteiger charge is -1.93. The van der Waals surface area contributed by atoms with Crippen molar-refractivity contribution in [2.45, 2.75) is 0 Å². The first kappa shape index (κ1) is 8.01. The molecule has 0 aromatic rings. The standard InChI is InChI=1S/C3H9NS3/c1-6-7-4-2-3-5/h4-5H,2-3H2,1H3. The van der Waals surface area contributed by atoms with E-state index in [1.54, 1.807) is 21.8 Å². The van der Waals surface area contributed by atoms with Gasteiger partial charge in [-0.05, 0) is 17.2 Å². The topological polar surface area (TPSA) is 12.0 Å². The molecule has 0 heterocycles. The predicted molar refractivity (Wildman–Crippen MR) is 43.0 cm³/mol. The molecular formula is C3H9NS3. The third kappa shape index (κ3) is 7.01. The Bertz CT molecular complexity index is 29.4. The summed E-state index contributed by atoms with van der Waals surface area (Å²) in [7, 11) is 3.36. The van der Waals surface area contributed by atoms with Crippen molar-refractivity contribution in [1.29, 1.82) is 0 Å². The summed E-state index contributed by atoms with van der Waals surface area (Å²) in [6, 6.07) is 0. The lowest BCUT2D eigenvalue weighted by molar-refractivity contribution is 1.06. The maximum atomic E-state index is 4.01. The Balaban J connectivity index is 2.45. The Morgan fingerprint density at radius 3 is 2.86 bits per heavy atom. The average Bonchev–Trinajstić information content (AvgIpc) is 1.69. The second-order valence-electron chi connectivity index (χ2n) is 0.868. The molecule has 0 aliphatic heterocycles. The van der Waals surface area contributed by atoms with Crippen molar-refractivity contribution in [3.63, 3.8) is 0 Å². The Morgan fingerprint density at radius 1 is 1.71 bits per heavy atom. The molecule has 0 saturated carbocycles. The minimum absolute atomic E-state index is 0.910. The highest BCUT2D eigenvalue weighted by Gasteiger charge is 1.78. The molecule has 0 fully saturated rings. The van der Waals surface area contributed by atoms with E-state index < -0.39 is 0 Å². The van der Waals surface area contributed by atoms with Gasteiger partial charge in [0.2, 0.25) is 0 Å². The molecule has 0 aliphatic rings. The SMILES string of the molecule is CSSNCCS. The summed E-state index contributed by atoms with van der Waals surface area (Å²) in [5.41, 5.74) is 0. The van der Waals surface area contributed by atoms with Crippen LogP contribution in [0.3, 0.4) is 0 Å². The van der Waals surface area contributed by atoms with Gasteiger partial charge >= 0.3 is 0 Å². The van der Waals surface area contributed by atoms with E-state index in [9.17, 15) is 0 Å².